The molecule has 0 radical (unpaired) electrons. The summed E-state index contributed by atoms with van der Waals surface area (Å²) in [6.45, 7) is 6.43. The number of rotatable bonds is 6. The fourth-order valence-corrected chi connectivity index (χ4v) is 2.48. The number of hydrogen-bond acceptors (Lipinski definition) is 4. The van der Waals surface area contributed by atoms with Crippen molar-refractivity contribution in [2.45, 2.75) is 32.7 Å². The topological polar surface area (TPSA) is 58.6 Å². The van der Waals surface area contributed by atoms with Crippen molar-refractivity contribution in [2.24, 2.45) is 0 Å². The zero-order valence-electron chi connectivity index (χ0n) is 16.7. The molecule has 0 saturated carbocycles. The molecule has 0 spiro atoms. The molecule has 0 bridgehead atoms. The van der Waals surface area contributed by atoms with Crippen LogP contribution in [0.3, 0.4) is 0 Å². The van der Waals surface area contributed by atoms with E-state index in [4.69, 9.17) is 4.74 Å². The van der Waals surface area contributed by atoms with E-state index >= 15 is 0 Å². The zero-order valence-corrected chi connectivity index (χ0v) is 16.7. The second-order valence-electron chi connectivity index (χ2n) is 7.74. The Morgan fingerprint density at radius 1 is 0.963 bits per heavy atom. The molecule has 1 N–H and O–H groups in total. The average molecular weight is 368 g/mol. The fourth-order valence-electron chi connectivity index (χ4n) is 2.48. The van der Waals surface area contributed by atoms with E-state index in [9.17, 15) is 9.59 Å². The van der Waals surface area contributed by atoms with Crippen molar-refractivity contribution in [1.29, 1.82) is 0 Å². The van der Waals surface area contributed by atoms with Gasteiger partial charge in [0.2, 0.25) is 0 Å². The van der Waals surface area contributed by atoms with E-state index in [1.165, 1.54) is 0 Å². The number of carbonyl (C=O) groups excluding carboxylic acids is 2. The molecule has 144 valence electrons. The lowest BCUT2D eigenvalue weighted by molar-refractivity contribution is -0.124. The molecular formula is C22H28N2O3. The van der Waals surface area contributed by atoms with Gasteiger partial charge in [0.1, 0.15) is 0 Å². The Balaban J connectivity index is 1.80. The number of hydrogen-bond donors (Lipinski definition) is 1. The lowest BCUT2D eigenvalue weighted by Gasteiger charge is -2.18. The predicted molar refractivity (Wildman–Crippen MR) is 108 cm³/mol. The Bertz CT molecular complexity index is 773. The van der Waals surface area contributed by atoms with Gasteiger partial charge in [-0.3, -0.25) is 4.79 Å². The first-order chi connectivity index (χ1) is 12.7. The largest absolute Gasteiger partial charge is 0.452 e. The molecule has 0 fully saturated rings. The molecule has 0 aliphatic carbocycles. The summed E-state index contributed by atoms with van der Waals surface area (Å²) in [5.74, 6) is -0.827. The van der Waals surface area contributed by atoms with Crippen LogP contribution >= 0.6 is 0 Å². The first kappa shape index (κ1) is 20.5. The van der Waals surface area contributed by atoms with E-state index in [-0.39, 0.29) is 17.9 Å². The van der Waals surface area contributed by atoms with E-state index in [1.807, 2.05) is 55.4 Å². The minimum absolute atomic E-state index is 0.0209. The second-order valence-corrected chi connectivity index (χ2v) is 7.74. The number of amides is 1. The number of benzene rings is 2. The van der Waals surface area contributed by atoms with Gasteiger partial charge < -0.3 is 15.0 Å². The molecule has 5 heteroatoms. The first-order valence-electron chi connectivity index (χ1n) is 8.97. The number of esters is 1. The van der Waals surface area contributed by atoms with Crippen molar-refractivity contribution in [1.82, 2.24) is 5.32 Å². The molecule has 2 rings (SSSR count). The summed E-state index contributed by atoms with van der Waals surface area (Å²) in [7, 11) is 3.95. The van der Waals surface area contributed by atoms with E-state index in [2.05, 4.69) is 26.1 Å². The lowest BCUT2D eigenvalue weighted by Crippen LogP contribution is -2.28. The highest BCUT2D eigenvalue weighted by Crippen LogP contribution is 2.22. The number of carbonyl (C=O) groups is 2. The van der Waals surface area contributed by atoms with Gasteiger partial charge in [0, 0.05) is 26.3 Å². The molecule has 27 heavy (non-hydrogen) atoms. The Morgan fingerprint density at radius 2 is 1.56 bits per heavy atom. The van der Waals surface area contributed by atoms with Crippen LogP contribution in [0, 0.1) is 0 Å². The van der Waals surface area contributed by atoms with Crippen LogP contribution in [0.15, 0.2) is 48.5 Å². The van der Waals surface area contributed by atoms with Crippen molar-refractivity contribution >= 4 is 17.6 Å². The summed E-state index contributed by atoms with van der Waals surface area (Å²) >= 11 is 0. The van der Waals surface area contributed by atoms with Crippen LogP contribution in [-0.2, 0) is 21.5 Å². The van der Waals surface area contributed by atoms with Gasteiger partial charge in [0.25, 0.3) is 5.91 Å². The zero-order chi connectivity index (χ0) is 20.0. The normalized spacial score (nSPS) is 11.0. The van der Waals surface area contributed by atoms with Gasteiger partial charge in [0.05, 0.1) is 5.56 Å². The molecule has 2 aromatic carbocycles. The Hall–Kier alpha value is -2.82. The smallest absolute Gasteiger partial charge is 0.338 e. The molecule has 0 heterocycles. The van der Waals surface area contributed by atoms with Gasteiger partial charge in [-0.2, -0.15) is 0 Å². The van der Waals surface area contributed by atoms with Crippen molar-refractivity contribution in [3.8, 4) is 0 Å². The molecule has 0 aliphatic heterocycles. The van der Waals surface area contributed by atoms with Gasteiger partial charge in [-0.25, -0.2) is 4.79 Å². The molecule has 2 aromatic rings. The van der Waals surface area contributed by atoms with E-state index < -0.39 is 5.97 Å². The van der Waals surface area contributed by atoms with Gasteiger partial charge in [-0.15, -0.1) is 0 Å². The maximum Gasteiger partial charge on any atom is 0.338 e. The van der Waals surface area contributed by atoms with Crippen LogP contribution in [-0.4, -0.2) is 32.6 Å². The highest BCUT2D eigenvalue weighted by atomic mass is 16.5. The quantitative estimate of drug-likeness (QED) is 0.793. The SMILES string of the molecule is CN(C)c1ccc(CNC(=O)COC(=O)c2ccc(C(C)(C)C)cc2)cc1. The van der Waals surface area contributed by atoms with Gasteiger partial charge in [-0.05, 0) is 40.8 Å². The maximum absolute atomic E-state index is 12.1. The van der Waals surface area contributed by atoms with E-state index in [0.29, 0.717) is 12.1 Å². The molecule has 5 nitrogen and oxygen atoms in total. The van der Waals surface area contributed by atoms with Gasteiger partial charge in [-0.1, -0.05) is 45.0 Å². The minimum atomic E-state index is -0.499. The predicted octanol–water partition coefficient (Wildman–Crippen LogP) is 3.52. The Morgan fingerprint density at radius 3 is 2.07 bits per heavy atom. The third-order valence-electron chi connectivity index (χ3n) is 4.26. The summed E-state index contributed by atoms with van der Waals surface area (Å²) in [6, 6.07) is 15.2. The monoisotopic (exact) mass is 368 g/mol. The number of nitrogens with zero attached hydrogens (tertiary/aromatic N) is 1. The van der Waals surface area contributed by atoms with E-state index in [0.717, 1.165) is 16.8 Å². The highest BCUT2D eigenvalue weighted by molar-refractivity contribution is 5.91. The standard InChI is InChI=1S/C22H28N2O3/c1-22(2,3)18-10-8-17(9-11-18)21(26)27-15-20(25)23-14-16-6-12-19(13-7-16)24(4)5/h6-13H,14-15H2,1-5H3,(H,23,25). The van der Waals surface area contributed by atoms with Crippen molar-refractivity contribution in [2.75, 3.05) is 25.6 Å². The molecule has 0 saturated heterocycles. The molecule has 1 amide bonds. The van der Waals surface area contributed by atoms with Gasteiger partial charge >= 0.3 is 5.97 Å². The summed E-state index contributed by atoms with van der Waals surface area (Å²) in [4.78, 5) is 26.0. The van der Waals surface area contributed by atoms with Crippen molar-refractivity contribution < 1.29 is 14.3 Å². The second kappa shape index (κ2) is 8.71. The summed E-state index contributed by atoms with van der Waals surface area (Å²) in [5, 5.41) is 2.75. The van der Waals surface area contributed by atoms with Crippen LogP contribution in [0.5, 0.6) is 0 Å². The van der Waals surface area contributed by atoms with E-state index in [1.54, 1.807) is 12.1 Å². The molecular weight excluding hydrogens is 340 g/mol. The molecule has 0 aliphatic rings. The van der Waals surface area contributed by atoms with Crippen LogP contribution in [0.2, 0.25) is 0 Å². The summed E-state index contributed by atoms with van der Waals surface area (Å²) in [5.41, 5.74) is 3.68. The Kier molecular flexibility index (Phi) is 6.61. The van der Waals surface area contributed by atoms with Crippen molar-refractivity contribution in [3.05, 3.63) is 65.2 Å². The number of nitrogens with one attached hydrogen (secondary N) is 1. The number of anilines is 1. The van der Waals surface area contributed by atoms with Crippen LogP contribution in [0.4, 0.5) is 5.69 Å². The minimum Gasteiger partial charge on any atom is -0.452 e. The molecule has 0 aromatic heterocycles. The third kappa shape index (κ3) is 6.13. The van der Waals surface area contributed by atoms with Crippen LogP contribution in [0.25, 0.3) is 0 Å². The summed E-state index contributed by atoms with van der Waals surface area (Å²) < 4.78 is 5.10. The van der Waals surface area contributed by atoms with Crippen LogP contribution < -0.4 is 10.2 Å². The highest BCUT2D eigenvalue weighted by Gasteiger charge is 2.15. The number of ether oxygens (including phenoxy) is 1. The van der Waals surface area contributed by atoms with Crippen molar-refractivity contribution in [3.63, 3.8) is 0 Å². The third-order valence-corrected chi connectivity index (χ3v) is 4.26. The molecule has 0 atom stereocenters. The first-order valence-corrected chi connectivity index (χ1v) is 8.97. The lowest BCUT2D eigenvalue weighted by atomic mass is 9.87. The Labute approximate surface area is 161 Å². The summed E-state index contributed by atoms with van der Waals surface area (Å²) in [6.07, 6.45) is 0. The van der Waals surface area contributed by atoms with Gasteiger partial charge in [0.15, 0.2) is 6.61 Å². The van der Waals surface area contributed by atoms with Crippen LogP contribution in [0.1, 0.15) is 42.3 Å². The average Bonchev–Trinajstić information content (AvgIpc) is 2.64. The maximum atomic E-state index is 12.1. The fraction of sp³-hybridized carbons (Fsp3) is 0.364. The molecule has 0 unspecified atom stereocenters.